The summed E-state index contributed by atoms with van der Waals surface area (Å²) in [6.45, 7) is 6.28. The molecule has 0 aliphatic heterocycles. The SMILES string of the molecule is COc1cc(C(=O)NC(C)(C)COc2cccc3nc(C)cc(N)c23)ccc1OCCCO. The average molecular weight is 454 g/mol. The summed E-state index contributed by atoms with van der Waals surface area (Å²) in [7, 11) is 1.51. The molecule has 1 amide bonds. The number of ether oxygens (including phenoxy) is 3. The number of aliphatic hydroxyl groups excluding tert-OH is 1. The molecule has 0 fully saturated rings. The van der Waals surface area contributed by atoms with Crippen LogP contribution in [0.2, 0.25) is 0 Å². The van der Waals surface area contributed by atoms with Gasteiger partial charge in [-0.25, -0.2) is 0 Å². The lowest BCUT2D eigenvalue weighted by atomic mass is 10.1. The fourth-order valence-electron chi connectivity index (χ4n) is 3.39. The van der Waals surface area contributed by atoms with Crippen LogP contribution in [-0.4, -0.2) is 48.5 Å². The van der Waals surface area contributed by atoms with E-state index in [0.717, 1.165) is 16.6 Å². The van der Waals surface area contributed by atoms with Crippen molar-refractivity contribution in [3.63, 3.8) is 0 Å². The Morgan fingerprint density at radius 2 is 1.91 bits per heavy atom. The highest BCUT2D eigenvalue weighted by Gasteiger charge is 2.24. The van der Waals surface area contributed by atoms with Crippen LogP contribution >= 0.6 is 0 Å². The van der Waals surface area contributed by atoms with Crippen LogP contribution in [0.25, 0.3) is 10.9 Å². The third-order valence-electron chi connectivity index (χ3n) is 4.98. The molecule has 0 saturated heterocycles. The smallest absolute Gasteiger partial charge is 0.251 e. The fraction of sp³-hybridized carbons (Fsp3) is 0.360. The number of nitrogens with two attached hydrogens (primary N) is 1. The van der Waals surface area contributed by atoms with Gasteiger partial charge in [0, 0.05) is 30.0 Å². The van der Waals surface area contributed by atoms with E-state index in [1.165, 1.54) is 7.11 Å². The third kappa shape index (κ3) is 6.04. The van der Waals surface area contributed by atoms with Crippen LogP contribution in [0.4, 0.5) is 5.69 Å². The predicted molar refractivity (Wildman–Crippen MR) is 128 cm³/mol. The molecule has 0 unspecified atom stereocenters. The maximum Gasteiger partial charge on any atom is 0.251 e. The number of aliphatic hydroxyl groups is 1. The van der Waals surface area contributed by atoms with Crippen LogP contribution in [0, 0.1) is 6.92 Å². The molecule has 0 bridgehead atoms. The Bertz CT molecular complexity index is 1130. The molecule has 0 aliphatic rings. The zero-order valence-electron chi connectivity index (χ0n) is 19.5. The van der Waals surface area contributed by atoms with Crippen molar-refractivity contribution in [2.45, 2.75) is 32.7 Å². The summed E-state index contributed by atoms with van der Waals surface area (Å²) in [5.74, 6) is 1.32. The molecule has 2 aromatic carbocycles. The maximum atomic E-state index is 12.9. The van der Waals surface area contributed by atoms with Gasteiger partial charge >= 0.3 is 0 Å². The molecule has 1 heterocycles. The average Bonchev–Trinajstić information content (AvgIpc) is 2.77. The number of nitrogens with zero attached hydrogens (tertiary/aromatic N) is 1. The Hall–Kier alpha value is -3.52. The van der Waals surface area contributed by atoms with E-state index in [4.69, 9.17) is 25.1 Å². The summed E-state index contributed by atoms with van der Waals surface area (Å²) in [5.41, 5.74) is 8.17. The molecule has 3 aromatic rings. The number of fused-ring (bicyclic) bond motifs is 1. The molecule has 1 aromatic heterocycles. The molecule has 0 spiro atoms. The highest BCUT2D eigenvalue weighted by molar-refractivity contribution is 5.96. The molecule has 176 valence electrons. The lowest BCUT2D eigenvalue weighted by molar-refractivity contribution is 0.0881. The molecule has 0 radical (unpaired) electrons. The van der Waals surface area contributed by atoms with E-state index < -0.39 is 5.54 Å². The van der Waals surface area contributed by atoms with Gasteiger partial charge in [0.2, 0.25) is 0 Å². The van der Waals surface area contributed by atoms with Gasteiger partial charge in [0.15, 0.2) is 11.5 Å². The maximum absolute atomic E-state index is 12.9. The van der Waals surface area contributed by atoms with E-state index in [-0.39, 0.29) is 19.1 Å². The number of aryl methyl sites for hydroxylation is 1. The highest BCUT2D eigenvalue weighted by Crippen LogP contribution is 2.31. The first-order valence-electron chi connectivity index (χ1n) is 10.8. The number of carbonyl (C=O) groups excluding carboxylic acids is 1. The number of carbonyl (C=O) groups is 1. The number of nitrogen functional groups attached to an aromatic ring is 1. The van der Waals surface area contributed by atoms with Crippen molar-refractivity contribution in [2.24, 2.45) is 0 Å². The van der Waals surface area contributed by atoms with Crippen LogP contribution in [0.15, 0.2) is 42.5 Å². The Labute approximate surface area is 193 Å². The summed E-state index contributed by atoms with van der Waals surface area (Å²) in [6, 6.07) is 12.4. The van der Waals surface area contributed by atoms with Crippen molar-refractivity contribution >= 4 is 22.5 Å². The minimum atomic E-state index is -0.671. The molecule has 33 heavy (non-hydrogen) atoms. The number of hydrogen-bond donors (Lipinski definition) is 3. The highest BCUT2D eigenvalue weighted by atomic mass is 16.5. The number of amides is 1. The molecule has 3 rings (SSSR count). The molecular weight excluding hydrogens is 422 g/mol. The van der Waals surface area contributed by atoms with Gasteiger partial charge in [-0.05, 0) is 57.2 Å². The van der Waals surface area contributed by atoms with Crippen molar-refractivity contribution in [3.8, 4) is 17.2 Å². The Kier molecular flexibility index (Phi) is 7.60. The van der Waals surface area contributed by atoms with Crippen LogP contribution in [0.5, 0.6) is 17.2 Å². The third-order valence-corrected chi connectivity index (χ3v) is 4.98. The molecule has 0 aliphatic carbocycles. The number of hydrogen-bond acceptors (Lipinski definition) is 7. The van der Waals surface area contributed by atoms with Crippen LogP contribution in [-0.2, 0) is 0 Å². The Balaban J connectivity index is 1.70. The second kappa shape index (κ2) is 10.4. The summed E-state index contributed by atoms with van der Waals surface area (Å²) in [4.78, 5) is 17.4. The molecule has 4 N–H and O–H groups in total. The zero-order chi connectivity index (χ0) is 24.0. The van der Waals surface area contributed by atoms with Crippen molar-refractivity contribution < 1.29 is 24.1 Å². The van der Waals surface area contributed by atoms with Crippen molar-refractivity contribution in [1.29, 1.82) is 0 Å². The van der Waals surface area contributed by atoms with E-state index in [0.29, 0.717) is 41.5 Å². The summed E-state index contributed by atoms with van der Waals surface area (Å²) < 4.78 is 17.0. The molecule has 8 nitrogen and oxygen atoms in total. The van der Waals surface area contributed by atoms with Gasteiger partial charge in [-0.15, -0.1) is 0 Å². The molecule has 8 heteroatoms. The van der Waals surface area contributed by atoms with E-state index in [1.807, 2.05) is 45.0 Å². The van der Waals surface area contributed by atoms with Gasteiger partial charge in [-0.2, -0.15) is 0 Å². The van der Waals surface area contributed by atoms with Crippen molar-refractivity contribution in [1.82, 2.24) is 10.3 Å². The Morgan fingerprint density at radius 3 is 2.64 bits per heavy atom. The van der Waals surface area contributed by atoms with Crippen molar-refractivity contribution in [3.05, 3.63) is 53.7 Å². The largest absolute Gasteiger partial charge is 0.493 e. The van der Waals surface area contributed by atoms with Gasteiger partial charge in [0.25, 0.3) is 5.91 Å². The minimum Gasteiger partial charge on any atom is -0.493 e. The van der Waals surface area contributed by atoms with Crippen LogP contribution in [0.3, 0.4) is 0 Å². The second-order valence-corrected chi connectivity index (χ2v) is 8.42. The quantitative estimate of drug-likeness (QED) is 0.403. The standard InChI is InChI=1S/C25H31N3O5/c1-16-13-18(26)23-19(27-16)7-5-8-21(23)33-15-25(2,3)28-24(30)17-9-10-20(22(14-17)31-4)32-12-6-11-29/h5,7-10,13-14,29H,6,11-12,15H2,1-4H3,(H2,26,27)(H,28,30). The lowest BCUT2D eigenvalue weighted by Gasteiger charge is -2.27. The van der Waals surface area contributed by atoms with Crippen LogP contribution in [0.1, 0.15) is 36.3 Å². The number of pyridine rings is 1. The van der Waals surface area contributed by atoms with Gasteiger partial charge in [-0.1, -0.05) is 6.07 Å². The van der Waals surface area contributed by atoms with Gasteiger partial charge < -0.3 is 30.4 Å². The van der Waals surface area contributed by atoms with E-state index in [2.05, 4.69) is 10.3 Å². The Morgan fingerprint density at radius 1 is 1.12 bits per heavy atom. The zero-order valence-corrected chi connectivity index (χ0v) is 19.5. The number of methoxy groups -OCH3 is 1. The van der Waals surface area contributed by atoms with E-state index in [1.54, 1.807) is 18.2 Å². The van der Waals surface area contributed by atoms with Crippen LogP contribution < -0.4 is 25.3 Å². The first-order valence-corrected chi connectivity index (χ1v) is 10.8. The van der Waals surface area contributed by atoms with E-state index in [9.17, 15) is 4.79 Å². The first-order chi connectivity index (χ1) is 15.7. The summed E-state index contributed by atoms with van der Waals surface area (Å²) in [5, 5.41) is 12.7. The second-order valence-electron chi connectivity index (χ2n) is 8.42. The van der Waals surface area contributed by atoms with Crippen molar-refractivity contribution in [2.75, 3.05) is 32.7 Å². The predicted octanol–water partition coefficient (Wildman–Crippen LogP) is 3.48. The lowest BCUT2D eigenvalue weighted by Crippen LogP contribution is -2.47. The number of aromatic nitrogens is 1. The van der Waals surface area contributed by atoms with Gasteiger partial charge in [0.1, 0.15) is 12.4 Å². The number of rotatable bonds is 10. The van der Waals surface area contributed by atoms with E-state index >= 15 is 0 Å². The summed E-state index contributed by atoms with van der Waals surface area (Å²) in [6.07, 6.45) is 0.512. The fourth-order valence-corrected chi connectivity index (χ4v) is 3.39. The normalized spacial score (nSPS) is 11.3. The molecular formula is C25H31N3O5. The van der Waals surface area contributed by atoms with Gasteiger partial charge in [0.05, 0.1) is 30.2 Å². The summed E-state index contributed by atoms with van der Waals surface area (Å²) >= 11 is 0. The number of anilines is 1. The number of nitrogens with one attached hydrogen (secondary N) is 1. The minimum absolute atomic E-state index is 0.0431. The number of benzene rings is 2. The topological polar surface area (TPSA) is 116 Å². The first kappa shape index (κ1) is 24.1. The molecule has 0 saturated carbocycles. The van der Waals surface area contributed by atoms with Gasteiger partial charge in [-0.3, -0.25) is 9.78 Å². The monoisotopic (exact) mass is 453 g/mol. The molecule has 0 atom stereocenters.